The summed E-state index contributed by atoms with van der Waals surface area (Å²) in [6.45, 7) is 1.17. The van der Waals surface area contributed by atoms with E-state index in [2.05, 4.69) is 0 Å². The minimum Gasteiger partial charge on any atom is -0.399 e. The topological polar surface area (TPSA) is 78.1 Å². The van der Waals surface area contributed by atoms with Crippen molar-refractivity contribution in [2.75, 3.05) is 18.8 Å². The van der Waals surface area contributed by atoms with E-state index in [1.54, 1.807) is 0 Å². The smallest absolute Gasteiger partial charge is 0.0314 e. The van der Waals surface area contributed by atoms with E-state index in [1.165, 1.54) is 0 Å². The van der Waals surface area contributed by atoms with Crippen LogP contribution in [0.1, 0.15) is 11.5 Å². The number of nitrogen functional groups attached to an aromatic ring is 1. The number of hydrogen-bond donors (Lipinski definition) is 3. The first-order chi connectivity index (χ1) is 5.77. The Morgan fingerprint density at radius 3 is 1.92 bits per heavy atom. The van der Waals surface area contributed by atoms with E-state index < -0.39 is 0 Å². The third kappa shape index (κ3) is 1.96. The summed E-state index contributed by atoms with van der Waals surface area (Å²) < 4.78 is 0. The second-order valence-corrected chi connectivity index (χ2v) is 2.83. The maximum atomic E-state index is 5.55. The molecule has 0 saturated heterocycles. The molecule has 0 aliphatic heterocycles. The lowest BCUT2D eigenvalue weighted by Gasteiger charge is -2.11. The van der Waals surface area contributed by atoms with Gasteiger partial charge in [-0.2, -0.15) is 0 Å². The molecule has 66 valence electrons. The highest BCUT2D eigenvalue weighted by Crippen LogP contribution is 2.14. The van der Waals surface area contributed by atoms with Crippen molar-refractivity contribution < 1.29 is 0 Å². The lowest BCUT2D eigenvalue weighted by atomic mass is 9.99. The molecule has 6 N–H and O–H groups in total. The van der Waals surface area contributed by atoms with Crippen LogP contribution >= 0.6 is 0 Å². The van der Waals surface area contributed by atoms with Crippen molar-refractivity contribution in [1.29, 1.82) is 0 Å². The molecule has 0 aliphatic carbocycles. The van der Waals surface area contributed by atoms with Gasteiger partial charge in [0.25, 0.3) is 0 Å². The van der Waals surface area contributed by atoms with Crippen LogP contribution in [-0.4, -0.2) is 13.1 Å². The molecule has 3 nitrogen and oxygen atoms in total. The summed E-state index contributed by atoms with van der Waals surface area (Å²) in [5, 5.41) is 0. The minimum atomic E-state index is 0.255. The summed E-state index contributed by atoms with van der Waals surface area (Å²) in [7, 11) is 0. The molecule has 0 saturated carbocycles. The summed E-state index contributed by atoms with van der Waals surface area (Å²) >= 11 is 0. The van der Waals surface area contributed by atoms with Gasteiger partial charge in [0.05, 0.1) is 0 Å². The van der Waals surface area contributed by atoms with Crippen molar-refractivity contribution >= 4 is 5.69 Å². The predicted octanol–water partition coefficient (Wildman–Crippen LogP) is 0.270. The van der Waals surface area contributed by atoms with Gasteiger partial charge in [-0.1, -0.05) is 12.1 Å². The Labute approximate surface area is 72.5 Å². The number of hydrogen-bond acceptors (Lipinski definition) is 3. The Bertz CT molecular complexity index is 226. The van der Waals surface area contributed by atoms with E-state index in [9.17, 15) is 0 Å². The Kier molecular flexibility index (Phi) is 3.08. The zero-order valence-corrected chi connectivity index (χ0v) is 7.03. The van der Waals surface area contributed by atoms with Crippen molar-refractivity contribution in [1.82, 2.24) is 0 Å². The average molecular weight is 165 g/mol. The standard InChI is InChI=1S/C9H15N3/c10-5-8(6-11)7-1-3-9(12)4-2-7/h1-4,8H,5-6,10-12H2. The Hall–Kier alpha value is -1.06. The molecule has 0 heterocycles. The molecule has 12 heavy (non-hydrogen) atoms. The highest BCUT2D eigenvalue weighted by molar-refractivity contribution is 5.40. The number of anilines is 1. The van der Waals surface area contributed by atoms with Gasteiger partial charge in [-0.3, -0.25) is 0 Å². The Morgan fingerprint density at radius 1 is 1.00 bits per heavy atom. The monoisotopic (exact) mass is 165 g/mol. The third-order valence-corrected chi connectivity index (χ3v) is 1.98. The first-order valence-electron chi connectivity index (χ1n) is 4.03. The molecule has 0 amide bonds. The van der Waals surface area contributed by atoms with Gasteiger partial charge in [-0.25, -0.2) is 0 Å². The molecule has 0 unspecified atom stereocenters. The first-order valence-corrected chi connectivity index (χ1v) is 4.03. The van der Waals surface area contributed by atoms with Gasteiger partial charge in [0.2, 0.25) is 0 Å². The summed E-state index contributed by atoms with van der Waals surface area (Å²) in [4.78, 5) is 0. The van der Waals surface area contributed by atoms with E-state index in [1.807, 2.05) is 24.3 Å². The number of benzene rings is 1. The molecular weight excluding hydrogens is 150 g/mol. The van der Waals surface area contributed by atoms with Crippen LogP contribution in [0.25, 0.3) is 0 Å². The third-order valence-electron chi connectivity index (χ3n) is 1.98. The first kappa shape index (κ1) is 9.03. The van der Waals surface area contributed by atoms with E-state index in [0.717, 1.165) is 11.3 Å². The van der Waals surface area contributed by atoms with Crippen molar-refractivity contribution in [3.05, 3.63) is 29.8 Å². The molecule has 1 rings (SSSR count). The Morgan fingerprint density at radius 2 is 1.50 bits per heavy atom. The largest absolute Gasteiger partial charge is 0.399 e. The SMILES string of the molecule is NCC(CN)c1ccc(N)cc1. The van der Waals surface area contributed by atoms with Crippen LogP contribution in [0, 0.1) is 0 Å². The molecule has 3 heteroatoms. The van der Waals surface area contributed by atoms with Crippen LogP contribution in [0.15, 0.2) is 24.3 Å². The fraction of sp³-hybridized carbons (Fsp3) is 0.333. The van der Waals surface area contributed by atoms with E-state index >= 15 is 0 Å². The second-order valence-electron chi connectivity index (χ2n) is 2.83. The van der Waals surface area contributed by atoms with E-state index in [-0.39, 0.29) is 5.92 Å². The van der Waals surface area contributed by atoms with Crippen molar-refractivity contribution in [3.8, 4) is 0 Å². The summed E-state index contributed by atoms with van der Waals surface area (Å²) in [5.74, 6) is 0.255. The highest BCUT2D eigenvalue weighted by Gasteiger charge is 2.05. The van der Waals surface area contributed by atoms with Gasteiger partial charge in [-0.05, 0) is 17.7 Å². The fourth-order valence-electron chi connectivity index (χ4n) is 1.14. The van der Waals surface area contributed by atoms with Crippen molar-refractivity contribution in [3.63, 3.8) is 0 Å². The number of rotatable bonds is 3. The second kappa shape index (κ2) is 4.09. The van der Waals surface area contributed by atoms with Gasteiger partial charge in [0, 0.05) is 24.7 Å². The molecule has 0 fully saturated rings. The van der Waals surface area contributed by atoms with E-state index in [0.29, 0.717) is 13.1 Å². The van der Waals surface area contributed by atoms with Crippen LogP contribution in [0.3, 0.4) is 0 Å². The average Bonchev–Trinajstić information content (AvgIpc) is 2.10. The van der Waals surface area contributed by atoms with Crippen LogP contribution in [0.4, 0.5) is 5.69 Å². The van der Waals surface area contributed by atoms with Crippen LogP contribution in [0.2, 0.25) is 0 Å². The van der Waals surface area contributed by atoms with Gasteiger partial charge >= 0.3 is 0 Å². The normalized spacial score (nSPS) is 10.6. The van der Waals surface area contributed by atoms with Crippen LogP contribution in [0.5, 0.6) is 0 Å². The maximum Gasteiger partial charge on any atom is 0.0314 e. The van der Waals surface area contributed by atoms with Gasteiger partial charge < -0.3 is 17.2 Å². The van der Waals surface area contributed by atoms with Crippen molar-refractivity contribution in [2.24, 2.45) is 11.5 Å². The predicted molar refractivity (Wildman–Crippen MR) is 51.7 cm³/mol. The molecule has 0 aromatic heterocycles. The summed E-state index contributed by atoms with van der Waals surface area (Å²) in [6.07, 6.45) is 0. The van der Waals surface area contributed by atoms with Crippen LogP contribution in [-0.2, 0) is 0 Å². The zero-order chi connectivity index (χ0) is 8.97. The number of nitrogens with two attached hydrogens (primary N) is 3. The molecular formula is C9H15N3. The summed E-state index contributed by atoms with van der Waals surface area (Å²) in [6, 6.07) is 7.68. The minimum absolute atomic E-state index is 0.255. The van der Waals surface area contributed by atoms with Gasteiger partial charge in [0.15, 0.2) is 0 Å². The molecule has 0 radical (unpaired) electrons. The lowest BCUT2D eigenvalue weighted by Crippen LogP contribution is -2.21. The molecule has 0 aliphatic rings. The van der Waals surface area contributed by atoms with Gasteiger partial charge in [0.1, 0.15) is 0 Å². The zero-order valence-electron chi connectivity index (χ0n) is 7.03. The molecule has 0 atom stereocenters. The molecule has 0 bridgehead atoms. The van der Waals surface area contributed by atoms with Crippen LogP contribution < -0.4 is 17.2 Å². The van der Waals surface area contributed by atoms with Gasteiger partial charge in [-0.15, -0.1) is 0 Å². The molecule has 0 spiro atoms. The quantitative estimate of drug-likeness (QED) is 0.562. The fourth-order valence-corrected chi connectivity index (χ4v) is 1.14. The molecule has 1 aromatic rings. The van der Waals surface area contributed by atoms with E-state index in [4.69, 9.17) is 17.2 Å². The lowest BCUT2D eigenvalue weighted by molar-refractivity contribution is 0.708. The van der Waals surface area contributed by atoms with Crippen molar-refractivity contribution in [2.45, 2.75) is 5.92 Å². The summed E-state index contributed by atoms with van der Waals surface area (Å²) in [5.41, 5.74) is 18.6. The molecule has 1 aromatic carbocycles. The Balaban J connectivity index is 2.80. The highest BCUT2D eigenvalue weighted by atomic mass is 14.6. The maximum absolute atomic E-state index is 5.55.